The van der Waals surface area contributed by atoms with Gasteiger partial charge in [0, 0.05) is 19.3 Å². The van der Waals surface area contributed by atoms with Gasteiger partial charge in [-0.3, -0.25) is 0 Å². The number of rotatable bonds is 1. The highest BCUT2D eigenvalue weighted by Gasteiger charge is 2.18. The Labute approximate surface area is 103 Å². The number of H-pyrrole nitrogens is 1. The minimum absolute atomic E-state index is 0.229. The lowest BCUT2D eigenvalue weighted by Crippen LogP contribution is -2.19. The number of benzene rings is 1. The lowest BCUT2D eigenvalue weighted by molar-refractivity contribution is 0.0702. The fourth-order valence-corrected chi connectivity index (χ4v) is 2.76. The van der Waals surface area contributed by atoms with Crippen molar-refractivity contribution in [1.29, 1.82) is 0 Å². The van der Waals surface area contributed by atoms with Gasteiger partial charge in [0.1, 0.15) is 5.82 Å². The molecule has 1 aromatic heterocycles. The van der Waals surface area contributed by atoms with Gasteiger partial charge in [0.25, 0.3) is 0 Å². The SMILES string of the molecule is Fc1ccc2[nH]c(=S)n(C3CCOCC3)c2c1. The average molecular weight is 252 g/mol. The molecule has 0 radical (unpaired) electrons. The summed E-state index contributed by atoms with van der Waals surface area (Å²) in [6.07, 6.45) is 1.86. The van der Waals surface area contributed by atoms with Crippen molar-refractivity contribution in [2.45, 2.75) is 18.9 Å². The minimum Gasteiger partial charge on any atom is -0.381 e. The van der Waals surface area contributed by atoms with E-state index in [0.717, 1.165) is 37.1 Å². The molecule has 0 bridgehead atoms. The summed E-state index contributed by atoms with van der Waals surface area (Å²) in [6.45, 7) is 1.49. The van der Waals surface area contributed by atoms with E-state index in [-0.39, 0.29) is 5.82 Å². The van der Waals surface area contributed by atoms with Gasteiger partial charge in [0.2, 0.25) is 0 Å². The second-order valence-corrected chi connectivity index (χ2v) is 4.69. The molecular weight excluding hydrogens is 239 g/mol. The fraction of sp³-hybridized carbons (Fsp3) is 0.417. The van der Waals surface area contributed by atoms with Gasteiger partial charge in [0.05, 0.1) is 11.0 Å². The summed E-state index contributed by atoms with van der Waals surface area (Å²) in [5.41, 5.74) is 1.74. The number of nitrogens with zero attached hydrogens (tertiary/aromatic N) is 1. The first-order valence-corrected chi connectivity index (χ1v) is 6.14. The Bertz CT molecular complexity index is 598. The summed E-state index contributed by atoms with van der Waals surface area (Å²) >= 11 is 5.32. The molecule has 1 fully saturated rings. The quantitative estimate of drug-likeness (QED) is 0.790. The molecule has 17 heavy (non-hydrogen) atoms. The predicted molar refractivity (Wildman–Crippen MR) is 66.2 cm³/mol. The Morgan fingerprint density at radius 2 is 2.12 bits per heavy atom. The van der Waals surface area contributed by atoms with Gasteiger partial charge in [-0.1, -0.05) is 0 Å². The summed E-state index contributed by atoms with van der Waals surface area (Å²) < 4.78 is 21.3. The zero-order valence-electron chi connectivity index (χ0n) is 9.28. The lowest BCUT2D eigenvalue weighted by atomic mass is 10.1. The van der Waals surface area contributed by atoms with Gasteiger partial charge >= 0.3 is 0 Å². The van der Waals surface area contributed by atoms with E-state index in [1.54, 1.807) is 6.07 Å². The molecule has 0 atom stereocenters. The van der Waals surface area contributed by atoms with Gasteiger partial charge in [-0.25, -0.2) is 4.39 Å². The normalized spacial score (nSPS) is 17.7. The summed E-state index contributed by atoms with van der Waals surface area (Å²) in [7, 11) is 0. The van der Waals surface area contributed by atoms with Gasteiger partial charge in [0.15, 0.2) is 4.77 Å². The number of aromatic amines is 1. The standard InChI is InChI=1S/C12H13FN2OS/c13-8-1-2-10-11(7-8)15(12(17)14-10)9-3-5-16-6-4-9/h1-2,7,9H,3-6H2,(H,14,17). The van der Waals surface area contributed by atoms with Crippen LogP contribution in [0.3, 0.4) is 0 Å². The molecule has 2 aromatic rings. The molecule has 0 unspecified atom stereocenters. The van der Waals surface area contributed by atoms with Crippen LogP contribution in [0.4, 0.5) is 4.39 Å². The van der Waals surface area contributed by atoms with Crippen molar-refractivity contribution < 1.29 is 9.13 Å². The van der Waals surface area contributed by atoms with E-state index in [2.05, 4.69) is 4.98 Å². The summed E-state index contributed by atoms with van der Waals surface area (Å²) in [6, 6.07) is 5.03. The van der Waals surface area contributed by atoms with E-state index in [1.807, 2.05) is 4.57 Å². The average Bonchev–Trinajstić information content (AvgIpc) is 2.65. The summed E-state index contributed by atoms with van der Waals surface area (Å²) in [4.78, 5) is 3.12. The third-order valence-corrected chi connectivity index (χ3v) is 3.53. The van der Waals surface area contributed by atoms with Crippen LogP contribution in [-0.4, -0.2) is 22.8 Å². The Balaban J connectivity index is 2.16. The van der Waals surface area contributed by atoms with Gasteiger partial charge in [-0.05, 0) is 43.3 Å². The smallest absolute Gasteiger partial charge is 0.178 e. The number of nitrogens with one attached hydrogen (secondary N) is 1. The molecule has 2 heterocycles. The lowest BCUT2D eigenvalue weighted by Gasteiger charge is -2.23. The molecule has 1 saturated heterocycles. The monoisotopic (exact) mass is 252 g/mol. The molecule has 90 valence electrons. The van der Waals surface area contributed by atoms with E-state index < -0.39 is 0 Å². The molecule has 5 heteroatoms. The van der Waals surface area contributed by atoms with Crippen LogP contribution in [-0.2, 0) is 4.74 Å². The van der Waals surface area contributed by atoms with Gasteiger partial charge < -0.3 is 14.3 Å². The molecule has 0 saturated carbocycles. The third-order valence-electron chi connectivity index (χ3n) is 3.24. The predicted octanol–water partition coefficient (Wildman–Crippen LogP) is 3.19. The highest BCUT2D eigenvalue weighted by molar-refractivity contribution is 7.71. The van der Waals surface area contributed by atoms with Crippen LogP contribution in [0.5, 0.6) is 0 Å². The second-order valence-electron chi connectivity index (χ2n) is 4.31. The maximum absolute atomic E-state index is 13.3. The molecule has 3 nitrogen and oxygen atoms in total. The van der Waals surface area contributed by atoms with E-state index in [4.69, 9.17) is 17.0 Å². The summed E-state index contributed by atoms with van der Waals surface area (Å²) in [5, 5.41) is 0. The largest absolute Gasteiger partial charge is 0.381 e. The number of ether oxygens (including phenoxy) is 1. The van der Waals surface area contributed by atoms with Crippen LogP contribution >= 0.6 is 12.2 Å². The van der Waals surface area contributed by atoms with Crippen molar-refractivity contribution in [2.24, 2.45) is 0 Å². The first kappa shape index (κ1) is 10.9. The number of hydrogen-bond donors (Lipinski definition) is 1. The van der Waals surface area contributed by atoms with Crippen molar-refractivity contribution in [2.75, 3.05) is 13.2 Å². The Morgan fingerprint density at radius 3 is 2.88 bits per heavy atom. The van der Waals surface area contributed by atoms with E-state index in [9.17, 15) is 4.39 Å². The number of fused-ring (bicyclic) bond motifs is 1. The van der Waals surface area contributed by atoms with Crippen molar-refractivity contribution in [1.82, 2.24) is 9.55 Å². The van der Waals surface area contributed by atoms with Crippen LogP contribution in [0.2, 0.25) is 0 Å². The first-order valence-electron chi connectivity index (χ1n) is 5.73. The second kappa shape index (κ2) is 4.23. The molecule has 0 aliphatic carbocycles. The highest BCUT2D eigenvalue weighted by atomic mass is 32.1. The van der Waals surface area contributed by atoms with E-state index in [0.29, 0.717) is 10.8 Å². The van der Waals surface area contributed by atoms with Crippen molar-refractivity contribution >= 4 is 23.3 Å². The number of hydrogen-bond acceptors (Lipinski definition) is 2. The third kappa shape index (κ3) is 1.89. The van der Waals surface area contributed by atoms with Gasteiger partial charge in [-0.2, -0.15) is 0 Å². The highest BCUT2D eigenvalue weighted by Crippen LogP contribution is 2.26. The zero-order valence-corrected chi connectivity index (χ0v) is 10.1. The molecule has 0 amide bonds. The molecule has 1 N–H and O–H groups in total. The molecular formula is C12H13FN2OS. The topological polar surface area (TPSA) is 29.9 Å². The van der Waals surface area contributed by atoms with Gasteiger partial charge in [-0.15, -0.1) is 0 Å². The van der Waals surface area contributed by atoms with Crippen molar-refractivity contribution in [3.8, 4) is 0 Å². The Hall–Kier alpha value is -1.20. The molecule has 3 rings (SSSR count). The van der Waals surface area contributed by atoms with Crippen LogP contribution in [0, 0.1) is 10.6 Å². The minimum atomic E-state index is -0.229. The van der Waals surface area contributed by atoms with Crippen molar-refractivity contribution in [3.63, 3.8) is 0 Å². The zero-order chi connectivity index (χ0) is 11.8. The van der Waals surface area contributed by atoms with Crippen molar-refractivity contribution in [3.05, 3.63) is 28.8 Å². The molecule has 0 spiro atoms. The number of imidazole rings is 1. The number of aromatic nitrogens is 2. The Morgan fingerprint density at radius 1 is 1.35 bits per heavy atom. The van der Waals surface area contributed by atoms with Crippen LogP contribution in [0.25, 0.3) is 11.0 Å². The van der Waals surface area contributed by atoms with Crippen LogP contribution in [0.15, 0.2) is 18.2 Å². The fourth-order valence-electron chi connectivity index (χ4n) is 2.40. The van der Waals surface area contributed by atoms with Crippen LogP contribution in [0.1, 0.15) is 18.9 Å². The molecule has 1 aliphatic rings. The molecule has 1 aromatic carbocycles. The van der Waals surface area contributed by atoms with E-state index >= 15 is 0 Å². The Kier molecular flexibility index (Phi) is 2.72. The summed E-state index contributed by atoms with van der Waals surface area (Å²) in [5.74, 6) is -0.229. The first-order chi connectivity index (χ1) is 8.25. The maximum atomic E-state index is 13.3. The maximum Gasteiger partial charge on any atom is 0.178 e. The van der Waals surface area contributed by atoms with Crippen LogP contribution < -0.4 is 0 Å². The number of halogens is 1. The molecule has 1 aliphatic heterocycles. The van der Waals surface area contributed by atoms with E-state index in [1.165, 1.54) is 12.1 Å².